The lowest BCUT2D eigenvalue weighted by Crippen LogP contribution is -2.08. The summed E-state index contributed by atoms with van der Waals surface area (Å²) in [4.78, 5) is 4.29. The third-order valence-electron chi connectivity index (χ3n) is 2.63. The van der Waals surface area contributed by atoms with Crippen molar-refractivity contribution in [2.75, 3.05) is 5.32 Å². The zero-order valence-electron chi connectivity index (χ0n) is 10.2. The monoisotopic (exact) mass is 311 g/mol. The number of nitrogens with zero attached hydrogens (tertiary/aromatic N) is 2. The molecule has 0 atom stereocenters. The number of hydrogen-bond acceptors (Lipinski definition) is 2. The third-order valence-corrected chi connectivity index (χ3v) is 3.32. The lowest BCUT2D eigenvalue weighted by molar-refractivity contribution is 0.627. The molecule has 96 valence electrons. The van der Waals surface area contributed by atoms with Crippen molar-refractivity contribution < 1.29 is 4.39 Å². The van der Waals surface area contributed by atoms with Crippen LogP contribution in [0.2, 0.25) is 0 Å². The standard InChI is InChI=1S/C13H15BrFN3/c1-2-6-18-7-5-16-13(18)9-17-12-8-10(15)3-4-11(12)14/h3-5,7-8,17H,2,6,9H2,1H3. The fourth-order valence-corrected chi connectivity index (χ4v) is 2.15. The van der Waals surface area contributed by atoms with Crippen LogP contribution in [0.25, 0.3) is 0 Å². The molecule has 0 aliphatic carbocycles. The molecule has 0 saturated carbocycles. The first kappa shape index (κ1) is 13.1. The highest BCUT2D eigenvalue weighted by Crippen LogP contribution is 2.23. The van der Waals surface area contributed by atoms with E-state index in [2.05, 4.69) is 37.7 Å². The van der Waals surface area contributed by atoms with Gasteiger partial charge in [0.2, 0.25) is 0 Å². The average Bonchev–Trinajstić information content (AvgIpc) is 2.78. The summed E-state index contributed by atoms with van der Waals surface area (Å²) in [6, 6.07) is 4.58. The summed E-state index contributed by atoms with van der Waals surface area (Å²) in [6.07, 6.45) is 4.81. The van der Waals surface area contributed by atoms with E-state index in [-0.39, 0.29) is 5.82 Å². The molecule has 3 nitrogen and oxygen atoms in total. The minimum Gasteiger partial charge on any atom is -0.377 e. The number of hydrogen-bond donors (Lipinski definition) is 1. The number of nitrogens with one attached hydrogen (secondary N) is 1. The molecule has 0 aliphatic heterocycles. The summed E-state index contributed by atoms with van der Waals surface area (Å²) >= 11 is 3.39. The first-order valence-corrected chi connectivity index (χ1v) is 6.69. The maximum Gasteiger partial charge on any atom is 0.128 e. The molecule has 1 aromatic carbocycles. The van der Waals surface area contributed by atoms with Gasteiger partial charge in [-0.1, -0.05) is 6.92 Å². The van der Waals surface area contributed by atoms with Gasteiger partial charge in [-0.2, -0.15) is 0 Å². The Labute approximate surface area is 114 Å². The molecule has 5 heteroatoms. The van der Waals surface area contributed by atoms with Crippen LogP contribution in [0.5, 0.6) is 0 Å². The molecule has 0 bridgehead atoms. The van der Waals surface area contributed by atoms with Crippen molar-refractivity contribution in [2.45, 2.75) is 26.4 Å². The maximum absolute atomic E-state index is 13.1. The predicted octanol–water partition coefficient (Wildman–Crippen LogP) is 3.81. The minimum atomic E-state index is -0.252. The summed E-state index contributed by atoms with van der Waals surface area (Å²) in [5.74, 6) is 0.700. The maximum atomic E-state index is 13.1. The third kappa shape index (κ3) is 3.10. The highest BCUT2D eigenvalue weighted by atomic mass is 79.9. The molecular weight excluding hydrogens is 297 g/mol. The second kappa shape index (κ2) is 6.00. The van der Waals surface area contributed by atoms with Gasteiger partial charge in [0.15, 0.2) is 0 Å². The first-order valence-electron chi connectivity index (χ1n) is 5.89. The number of benzene rings is 1. The summed E-state index contributed by atoms with van der Waals surface area (Å²) in [6.45, 7) is 3.65. The SMILES string of the molecule is CCCn1ccnc1CNc1cc(F)ccc1Br. The Morgan fingerprint density at radius 3 is 3.06 bits per heavy atom. The molecule has 0 amide bonds. The van der Waals surface area contributed by atoms with Gasteiger partial charge in [-0.3, -0.25) is 0 Å². The highest BCUT2D eigenvalue weighted by molar-refractivity contribution is 9.10. The van der Waals surface area contributed by atoms with Crippen LogP contribution in [0.4, 0.5) is 10.1 Å². The highest BCUT2D eigenvalue weighted by Gasteiger charge is 2.05. The van der Waals surface area contributed by atoms with Gasteiger partial charge in [0.05, 0.1) is 12.2 Å². The summed E-state index contributed by atoms with van der Waals surface area (Å²) in [5.41, 5.74) is 0.737. The van der Waals surface area contributed by atoms with E-state index in [0.29, 0.717) is 6.54 Å². The van der Waals surface area contributed by atoms with Crippen molar-refractivity contribution in [1.29, 1.82) is 0 Å². The lowest BCUT2D eigenvalue weighted by atomic mass is 10.3. The Bertz CT molecular complexity index is 525. The van der Waals surface area contributed by atoms with Crippen molar-refractivity contribution in [3.63, 3.8) is 0 Å². The summed E-state index contributed by atoms with van der Waals surface area (Å²) < 4.78 is 16.1. The van der Waals surface area contributed by atoms with Gasteiger partial charge in [-0.15, -0.1) is 0 Å². The van der Waals surface area contributed by atoms with E-state index in [1.54, 1.807) is 12.3 Å². The van der Waals surface area contributed by atoms with Gasteiger partial charge >= 0.3 is 0 Å². The fraction of sp³-hybridized carbons (Fsp3) is 0.308. The van der Waals surface area contributed by atoms with Crippen molar-refractivity contribution in [3.05, 3.63) is 46.7 Å². The van der Waals surface area contributed by atoms with Crippen LogP contribution < -0.4 is 5.32 Å². The number of imidazole rings is 1. The Kier molecular flexibility index (Phi) is 4.36. The number of halogens is 2. The summed E-state index contributed by atoms with van der Waals surface area (Å²) in [5, 5.41) is 3.18. The molecule has 0 unspecified atom stereocenters. The molecule has 1 heterocycles. The first-order chi connectivity index (χ1) is 8.70. The molecule has 0 saturated heterocycles. The Morgan fingerprint density at radius 1 is 1.44 bits per heavy atom. The van der Waals surface area contributed by atoms with Crippen LogP contribution in [-0.4, -0.2) is 9.55 Å². The van der Waals surface area contributed by atoms with Crippen LogP contribution in [0.1, 0.15) is 19.2 Å². The largest absolute Gasteiger partial charge is 0.377 e. The molecule has 0 radical (unpaired) electrons. The zero-order valence-corrected chi connectivity index (χ0v) is 11.7. The lowest BCUT2D eigenvalue weighted by Gasteiger charge is -2.10. The number of aryl methyl sites for hydroxylation is 1. The Morgan fingerprint density at radius 2 is 2.28 bits per heavy atom. The molecule has 2 rings (SSSR count). The number of anilines is 1. The number of rotatable bonds is 5. The Hall–Kier alpha value is -1.36. The van der Waals surface area contributed by atoms with Crippen LogP contribution in [0.3, 0.4) is 0 Å². The normalized spacial score (nSPS) is 10.6. The van der Waals surface area contributed by atoms with Gasteiger partial charge < -0.3 is 9.88 Å². The van der Waals surface area contributed by atoms with Gasteiger partial charge in [-0.25, -0.2) is 9.37 Å². The van der Waals surface area contributed by atoms with Gasteiger partial charge in [0, 0.05) is 23.4 Å². The van der Waals surface area contributed by atoms with E-state index in [9.17, 15) is 4.39 Å². The fourth-order valence-electron chi connectivity index (χ4n) is 1.76. The van der Waals surface area contributed by atoms with Crippen molar-refractivity contribution >= 4 is 21.6 Å². The van der Waals surface area contributed by atoms with E-state index in [0.717, 1.165) is 29.0 Å². The van der Waals surface area contributed by atoms with Crippen LogP contribution in [0.15, 0.2) is 35.1 Å². The minimum absolute atomic E-state index is 0.252. The van der Waals surface area contributed by atoms with E-state index >= 15 is 0 Å². The average molecular weight is 312 g/mol. The zero-order chi connectivity index (χ0) is 13.0. The Balaban J connectivity index is 2.06. The van der Waals surface area contributed by atoms with Crippen LogP contribution in [-0.2, 0) is 13.1 Å². The summed E-state index contributed by atoms with van der Waals surface area (Å²) in [7, 11) is 0. The molecule has 2 aromatic rings. The van der Waals surface area contributed by atoms with E-state index in [1.807, 2.05) is 6.20 Å². The van der Waals surface area contributed by atoms with Gasteiger partial charge in [0.1, 0.15) is 11.6 Å². The van der Waals surface area contributed by atoms with Crippen LogP contribution >= 0.6 is 15.9 Å². The predicted molar refractivity (Wildman–Crippen MR) is 73.9 cm³/mol. The molecular formula is C13H15BrFN3. The molecule has 1 aromatic heterocycles. The van der Waals surface area contributed by atoms with Crippen LogP contribution in [0, 0.1) is 5.82 Å². The van der Waals surface area contributed by atoms with Crippen molar-refractivity contribution in [2.24, 2.45) is 0 Å². The molecule has 1 N–H and O–H groups in total. The number of aromatic nitrogens is 2. The topological polar surface area (TPSA) is 29.9 Å². The molecule has 0 fully saturated rings. The van der Waals surface area contributed by atoms with E-state index < -0.39 is 0 Å². The van der Waals surface area contributed by atoms with Gasteiger partial charge in [-0.05, 0) is 40.5 Å². The molecule has 18 heavy (non-hydrogen) atoms. The van der Waals surface area contributed by atoms with Crippen molar-refractivity contribution in [3.8, 4) is 0 Å². The second-order valence-electron chi connectivity index (χ2n) is 4.01. The smallest absolute Gasteiger partial charge is 0.128 e. The van der Waals surface area contributed by atoms with Crippen molar-refractivity contribution in [1.82, 2.24) is 9.55 Å². The van der Waals surface area contributed by atoms with Gasteiger partial charge in [0.25, 0.3) is 0 Å². The second-order valence-corrected chi connectivity index (χ2v) is 4.87. The molecule has 0 spiro atoms. The van der Waals surface area contributed by atoms with E-state index in [4.69, 9.17) is 0 Å². The molecule has 0 aliphatic rings. The quantitative estimate of drug-likeness (QED) is 0.910. The van der Waals surface area contributed by atoms with E-state index in [1.165, 1.54) is 12.1 Å².